The zero-order chi connectivity index (χ0) is 20.0. The molecule has 1 unspecified atom stereocenters. The fourth-order valence-corrected chi connectivity index (χ4v) is 2.37. The van der Waals surface area contributed by atoms with Gasteiger partial charge < -0.3 is 15.2 Å². The number of carbonyl (C=O) groups is 1. The molecule has 0 aliphatic carbocycles. The molecule has 2 N–H and O–H groups in total. The van der Waals surface area contributed by atoms with Gasteiger partial charge >= 0.3 is 0 Å². The second-order valence-electron chi connectivity index (χ2n) is 6.06. The fourth-order valence-electron chi connectivity index (χ4n) is 2.37. The summed E-state index contributed by atoms with van der Waals surface area (Å²) in [6, 6.07) is 13.5. The van der Waals surface area contributed by atoms with E-state index in [0.717, 1.165) is 12.0 Å². The Morgan fingerprint density at radius 2 is 2.00 bits per heavy atom. The molecule has 0 radical (unpaired) electrons. The molecule has 0 fully saturated rings. The molecule has 140 valence electrons. The largest absolute Gasteiger partial charge is 0.511 e. The van der Waals surface area contributed by atoms with Crippen LogP contribution in [0, 0.1) is 17.1 Å². The molecule has 6 heteroatoms. The zero-order valence-corrected chi connectivity index (χ0v) is 15.4. The van der Waals surface area contributed by atoms with Gasteiger partial charge in [0, 0.05) is 11.6 Å². The Kier molecular flexibility index (Phi) is 6.56. The first kappa shape index (κ1) is 20.0. The highest BCUT2D eigenvalue weighted by atomic mass is 19.1. The molecule has 0 aliphatic rings. The first-order valence-electron chi connectivity index (χ1n) is 8.54. The van der Waals surface area contributed by atoms with Crippen LogP contribution in [0.3, 0.4) is 0 Å². The number of hydrogen-bond acceptors (Lipinski definition) is 4. The molecule has 2 rings (SSSR count). The summed E-state index contributed by atoms with van der Waals surface area (Å²) in [7, 11) is 0. The van der Waals surface area contributed by atoms with Crippen LogP contribution in [0.5, 0.6) is 5.75 Å². The van der Waals surface area contributed by atoms with Crippen LogP contribution in [0.2, 0.25) is 0 Å². The van der Waals surface area contributed by atoms with Crippen molar-refractivity contribution in [2.75, 3.05) is 5.32 Å². The Morgan fingerprint density at radius 3 is 2.56 bits per heavy atom. The van der Waals surface area contributed by atoms with Gasteiger partial charge in [-0.05, 0) is 31.9 Å². The molecule has 2 aromatic carbocycles. The number of amides is 1. The van der Waals surface area contributed by atoms with E-state index in [2.05, 4.69) is 5.32 Å². The summed E-state index contributed by atoms with van der Waals surface area (Å²) in [5, 5.41) is 20.7. The number of halogens is 1. The van der Waals surface area contributed by atoms with E-state index in [4.69, 9.17) is 10.00 Å². The van der Waals surface area contributed by atoms with Crippen LogP contribution in [0.4, 0.5) is 10.1 Å². The molecule has 2 aromatic rings. The third kappa shape index (κ3) is 4.85. The molecule has 5 nitrogen and oxygen atoms in total. The summed E-state index contributed by atoms with van der Waals surface area (Å²) >= 11 is 0. The van der Waals surface area contributed by atoms with Crippen LogP contribution >= 0.6 is 0 Å². The monoisotopic (exact) mass is 368 g/mol. The molecular weight excluding hydrogens is 347 g/mol. The van der Waals surface area contributed by atoms with Gasteiger partial charge in [-0.1, -0.05) is 37.3 Å². The van der Waals surface area contributed by atoms with Crippen molar-refractivity contribution in [3.8, 4) is 22.9 Å². The van der Waals surface area contributed by atoms with Gasteiger partial charge in [0.25, 0.3) is 5.91 Å². The Hall–Kier alpha value is -3.33. The number of benzene rings is 2. The number of allylic oxidation sites excluding steroid dienone is 1. The van der Waals surface area contributed by atoms with Crippen molar-refractivity contribution in [1.29, 1.82) is 5.26 Å². The van der Waals surface area contributed by atoms with E-state index in [1.807, 2.05) is 44.2 Å². The summed E-state index contributed by atoms with van der Waals surface area (Å²) < 4.78 is 20.5. The highest BCUT2D eigenvalue weighted by molar-refractivity contribution is 6.07. The minimum atomic E-state index is -0.890. The van der Waals surface area contributed by atoms with Crippen molar-refractivity contribution in [2.24, 2.45) is 0 Å². The van der Waals surface area contributed by atoms with Gasteiger partial charge in [0.2, 0.25) is 0 Å². The number of anilines is 1. The molecule has 1 atom stereocenters. The number of nitrogens with zero attached hydrogens (tertiary/aromatic N) is 1. The minimum Gasteiger partial charge on any atom is -0.511 e. The molecular formula is C21H21FN2O3. The minimum absolute atomic E-state index is 0.115. The van der Waals surface area contributed by atoms with Crippen molar-refractivity contribution in [1.82, 2.24) is 0 Å². The van der Waals surface area contributed by atoms with E-state index in [-0.39, 0.29) is 11.8 Å². The highest BCUT2D eigenvalue weighted by Crippen LogP contribution is 2.35. The Balaban J connectivity index is 2.49. The normalized spacial score (nSPS) is 12.6. The maximum atomic E-state index is 14.6. The number of hydrogen-bond donors (Lipinski definition) is 2. The molecule has 0 aliphatic heterocycles. The third-order valence-corrected chi connectivity index (χ3v) is 4.01. The van der Waals surface area contributed by atoms with Gasteiger partial charge in [-0.2, -0.15) is 5.26 Å². The van der Waals surface area contributed by atoms with Crippen molar-refractivity contribution >= 4 is 11.6 Å². The van der Waals surface area contributed by atoms with Gasteiger partial charge in [-0.15, -0.1) is 0 Å². The standard InChI is InChI=1S/C21H21FN2O3/c1-4-13(2)27-20-11-19(24-21(26)17(12-23)14(3)25)18(22)10-16(20)15-8-6-5-7-9-15/h5-11,13,25H,4H2,1-3H3,(H,24,26)/b17-14-. The predicted molar refractivity (Wildman–Crippen MR) is 102 cm³/mol. The average molecular weight is 368 g/mol. The van der Waals surface area contributed by atoms with Gasteiger partial charge in [0.1, 0.15) is 23.4 Å². The highest BCUT2D eigenvalue weighted by Gasteiger charge is 2.19. The van der Waals surface area contributed by atoms with Crippen LogP contribution in [0.1, 0.15) is 27.2 Å². The van der Waals surface area contributed by atoms with Crippen LogP contribution < -0.4 is 10.1 Å². The van der Waals surface area contributed by atoms with Crippen molar-refractivity contribution < 1.29 is 19.0 Å². The lowest BCUT2D eigenvalue weighted by Crippen LogP contribution is -2.17. The van der Waals surface area contributed by atoms with Gasteiger partial charge in [-0.25, -0.2) is 4.39 Å². The zero-order valence-electron chi connectivity index (χ0n) is 15.4. The number of nitriles is 1. The van der Waals surface area contributed by atoms with E-state index in [1.54, 1.807) is 6.07 Å². The number of rotatable bonds is 6. The summed E-state index contributed by atoms with van der Waals surface area (Å²) in [4.78, 5) is 12.1. The van der Waals surface area contributed by atoms with Gasteiger partial charge in [-0.3, -0.25) is 4.79 Å². The van der Waals surface area contributed by atoms with Crippen LogP contribution in [-0.4, -0.2) is 17.1 Å². The second kappa shape index (κ2) is 8.86. The Morgan fingerprint density at radius 1 is 1.33 bits per heavy atom. The lowest BCUT2D eigenvalue weighted by atomic mass is 10.0. The fraction of sp³-hybridized carbons (Fsp3) is 0.238. The third-order valence-electron chi connectivity index (χ3n) is 4.01. The van der Waals surface area contributed by atoms with Crippen molar-refractivity contribution in [2.45, 2.75) is 33.3 Å². The molecule has 0 saturated heterocycles. The summed E-state index contributed by atoms with van der Waals surface area (Å²) in [5.41, 5.74) is 0.718. The molecule has 0 bridgehead atoms. The van der Waals surface area contributed by atoms with Crippen LogP contribution in [0.25, 0.3) is 11.1 Å². The predicted octanol–water partition coefficient (Wildman–Crippen LogP) is 4.96. The molecule has 0 spiro atoms. The topological polar surface area (TPSA) is 82.3 Å². The first-order valence-corrected chi connectivity index (χ1v) is 8.54. The molecule has 1 amide bonds. The van der Waals surface area contributed by atoms with E-state index < -0.39 is 23.1 Å². The summed E-state index contributed by atoms with van der Waals surface area (Å²) in [6.07, 6.45) is 0.633. The number of carbonyl (C=O) groups excluding carboxylic acids is 1. The lowest BCUT2D eigenvalue weighted by molar-refractivity contribution is -0.112. The van der Waals surface area contributed by atoms with Crippen molar-refractivity contribution in [3.63, 3.8) is 0 Å². The van der Waals surface area contributed by atoms with E-state index >= 15 is 0 Å². The summed E-state index contributed by atoms with van der Waals surface area (Å²) in [5.74, 6) is -1.59. The Labute approximate surface area is 157 Å². The summed E-state index contributed by atoms with van der Waals surface area (Å²) in [6.45, 7) is 5.07. The number of aliphatic hydroxyl groups is 1. The molecule has 0 saturated carbocycles. The number of nitrogens with one attached hydrogen (secondary N) is 1. The number of ether oxygens (including phenoxy) is 1. The molecule has 0 aromatic heterocycles. The maximum absolute atomic E-state index is 14.6. The number of aliphatic hydroxyl groups excluding tert-OH is 1. The van der Waals surface area contributed by atoms with Crippen LogP contribution in [0.15, 0.2) is 53.8 Å². The van der Waals surface area contributed by atoms with E-state index in [0.29, 0.717) is 11.3 Å². The smallest absolute Gasteiger partial charge is 0.269 e. The first-order chi connectivity index (χ1) is 12.9. The molecule has 27 heavy (non-hydrogen) atoms. The van der Waals surface area contributed by atoms with Crippen LogP contribution in [-0.2, 0) is 4.79 Å². The van der Waals surface area contributed by atoms with E-state index in [9.17, 15) is 14.3 Å². The van der Waals surface area contributed by atoms with Crippen molar-refractivity contribution in [3.05, 3.63) is 59.6 Å². The quantitative estimate of drug-likeness (QED) is 0.429. The maximum Gasteiger partial charge on any atom is 0.269 e. The lowest BCUT2D eigenvalue weighted by Gasteiger charge is -2.18. The van der Waals surface area contributed by atoms with Gasteiger partial charge in [0.15, 0.2) is 5.57 Å². The SMILES string of the molecule is CCC(C)Oc1cc(NC(=O)/C(C#N)=C(/C)O)c(F)cc1-c1ccccc1. The van der Waals surface area contributed by atoms with Gasteiger partial charge in [0.05, 0.1) is 11.8 Å². The average Bonchev–Trinajstić information content (AvgIpc) is 2.65. The molecule has 0 heterocycles. The van der Waals surface area contributed by atoms with E-state index in [1.165, 1.54) is 19.1 Å². The second-order valence-corrected chi connectivity index (χ2v) is 6.06. The Bertz CT molecular complexity index is 898.